The summed E-state index contributed by atoms with van der Waals surface area (Å²) in [7, 11) is -3.17. The molecular weight excluding hydrogens is 489 g/mol. The van der Waals surface area contributed by atoms with Crippen molar-refractivity contribution in [3.8, 4) is 0 Å². The van der Waals surface area contributed by atoms with Crippen molar-refractivity contribution >= 4 is 50.8 Å². The monoisotopic (exact) mass is 521 g/mol. The Kier molecular flexibility index (Phi) is 9.19. The maximum atomic E-state index is 11.8. The third-order valence-electron chi connectivity index (χ3n) is 4.66. The Labute approximate surface area is 185 Å². The summed E-state index contributed by atoms with van der Waals surface area (Å²) < 4.78 is 25.0. The van der Waals surface area contributed by atoms with Crippen molar-refractivity contribution in [2.45, 2.75) is 45.4 Å². The van der Waals surface area contributed by atoms with Crippen LogP contribution >= 0.6 is 24.0 Å². The number of fused-ring (bicyclic) bond motifs is 1. The van der Waals surface area contributed by atoms with Crippen LogP contribution < -0.4 is 10.6 Å². The molecule has 1 heterocycles. The molecule has 1 aromatic heterocycles. The van der Waals surface area contributed by atoms with E-state index in [0.29, 0.717) is 5.96 Å². The Morgan fingerprint density at radius 1 is 1.25 bits per heavy atom. The number of nitrogens with one attached hydrogen (secondary N) is 2. The number of aryl methyl sites for hydroxylation is 2. The molecule has 0 saturated heterocycles. The number of nitrogens with zero attached hydrogens (tertiary/aromatic N) is 3. The van der Waals surface area contributed by atoms with Gasteiger partial charge in [0.1, 0.15) is 5.82 Å². The van der Waals surface area contributed by atoms with Gasteiger partial charge < -0.3 is 15.2 Å². The van der Waals surface area contributed by atoms with E-state index < -0.39 is 14.6 Å². The van der Waals surface area contributed by atoms with Gasteiger partial charge in [-0.1, -0.05) is 12.1 Å². The molecule has 0 spiro atoms. The van der Waals surface area contributed by atoms with Crippen LogP contribution in [0.15, 0.2) is 29.3 Å². The van der Waals surface area contributed by atoms with Gasteiger partial charge in [0.15, 0.2) is 15.8 Å². The van der Waals surface area contributed by atoms with Gasteiger partial charge in [0, 0.05) is 25.9 Å². The molecule has 0 fully saturated rings. The summed E-state index contributed by atoms with van der Waals surface area (Å²) in [6.45, 7) is 9.92. The Morgan fingerprint density at radius 3 is 2.57 bits per heavy atom. The van der Waals surface area contributed by atoms with Gasteiger partial charge in [-0.3, -0.25) is 4.99 Å². The summed E-state index contributed by atoms with van der Waals surface area (Å²) in [5.74, 6) is 1.65. The van der Waals surface area contributed by atoms with Crippen molar-refractivity contribution in [3.05, 3.63) is 30.1 Å². The van der Waals surface area contributed by atoms with Crippen LogP contribution in [0.5, 0.6) is 0 Å². The standard InChI is InChI=1S/C19H31N5O2S.HI/c1-6-20-18(22-14-19(3,4)27(5,25)26)21-12-9-13-24-15(2)23-16-10-7-8-11-17(16)24;/h7-8,10-11H,6,9,12-14H2,1-5H3,(H2,20,21,22);1H. The van der Waals surface area contributed by atoms with Crippen molar-refractivity contribution < 1.29 is 8.42 Å². The highest BCUT2D eigenvalue weighted by molar-refractivity contribution is 14.0. The van der Waals surface area contributed by atoms with E-state index >= 15 is 0 Å². The summed E-state index contributed by atoms with van der Waals surface area (Å²) in [6, 6.07) is 8.13. The van der Waals surface area contributed by atoms with Crippen LogP contribution in [-0.2, 0) is 16.4 Å². The van der Waals surface area contributed by atoms with Crippen LogP contribution in [0.1, 0.15) is 33.0 Å². The number of para-hydroxylation sites is 2. The van der Waals surface area contributed by atoms with Gasteiger partial charge in [0.25, 0.3) is 0 Å². The molecule has 0 atom stereocenters. The third-order valence-corrected chi connectivity index (χ3v) is 6.80. The van der Waals surface area contributed by atoms with E-state index in [9.17, 15) is 8.42 Å². The van der Waals surface area contributed by atoms with Crippen molar-refractivity contribution in [1.29, 1.82) is 0 Å². The predicted octanol–water partition coefficient (Wildman–Crippen LogP) is 2.73. The van der Waals surface area contributed by atoms with Crippen molar-refractivity contribution in [2.24, 2.45) is 4.99 Å². The molecule has 0 aliphatic heterocycles. The van der Waals surface area contributed by atoms with E-state index in [4.69, 9.17) is 0 Å². The number of sulfone groups is 1. The largest absolute Gasteiger partial charge is 0.357 e. The Balaban J connectivity index is 0.00000392. The van der Waals surface area contributed by atoms with E-state index in [-0.39, 0.29) is 30.5 Å². The maximum Gasteiger partial charge on any atom is 0.191 e. The summed E-state index contributed by atoms with van der Waals surface area (Å²) in [5, 5.41) is 6.45. The maximum absolute atomic E-state index is 11.8. The predicted molar refractivity (Wildman–Crippen MR) is 127 cm³/mol. The molecule has 1 aromatic carbocycles. The van der Waals surface area contributed by atoms with Crippen LogP contribution in [0.4, 0.5) is 0 Å². The molecule has 0 amide bonds. The first-order chi connectivity index (χ1) is 12.7. The SMILES string of the molecule is CCNC(=NCC(C)(C)S(C)(=O)=O)NCCCn1c(C)nc2ccccc21.I. The van der Waals surface area contributed by atoms with Gasteiger partial charge in [-0.25, -0.2) is 13.4 Å². The van der Waals surface area contributed by atoms with E-state index in [1.165, 1.54) is 6.26 Å². The molecule has 0 radical (unpaired) electrons. The second kappa shape index (κ2) is 10.4. The lowest BCUT2D eigenvalue weighted by molar-refractivity contribution is 0.554. The molecule has 0 unspecified atom stereocenters. The van der Waals surface area contributed by atoms with Crippen LogP contribution in [-0.4, -0.2) is 54.6 Å². The molecule has 7 nitrogen and oxygen atoms in total. The minimum atomic E-state index is -3.17. The van der Waals surface area contributed by atoms with Gasteiger partial charge in [-0.15, -0.1) is 24.0 Å². The molecular formula is C19H32IN5O2S. The average Bonchev–Trinajstić information content (AvgIpc) is 2.91. The summed E-state index contributed by atoms with van der Waals surface area (Å²) in [4.78, 5) is 9.04. The number of guanidine groups is 1. The van der Waals surface area contributed by atoms with Crippen molar-refractivity contribution in [2.75, 3.05) is 25.9 Å². The Morgan fingerprint density at radius 2 is 1.93 bits per heavy atom. The minimum absolute atomic E-state index is 0. The van der Waals surface area contributed by atoms with Crippen LogP contribution in [0.3, 0.4) is 0 Å². The van der Waals surface area contributed by atoms with E-state index in [0.717, 1.165) is 42.9 Å². The fourth-order valence-electron chi connectivity index (χ4n) is 2.65. The van der Waals surface area contributed by atoms with Crippen LogP contribution in [0.25, 0.3) is 11.0 Å². The lowest BCUT2D eigenvalue weighted by atomic mass is 10.2. The Hall–Kier alpha value is -1.36. The van der Waals surface area contributed by atoms with Gasteiger partial charge >= 0.3 is 0 Å². The summed E-state index contributed by atoms with van der Waals surface area (Å²) in [6.07, 6.45) is 2.15. The fraction of sp³-hybridized carbons (Fsp3) is 0.579. The summed E-state index contributed by atoms with van der Waals surface area (Å²) >= 11 is 0. The van der Waals surface area contributed by atoms with Crippen molar-refractivity contribution in [1.82, 2.24) is 20.2 Å². The van der Waals surface area contributed by atoms with Crippen molar-refractivity contribution in [3.63, 3.8) is 0 Å². The quantitative estimate of drug-likeness (QED) is 0.242. The van der Waals surface area contributed by atoms with Gasteiger partial charge in [-0.2, -0.15) is 0 Å². The average molecular weight is 521 g/mol. The van der Waals surface area contributed by atoms with E-state index in [1.807, 2.05) is 32.0 Å². The number of benzene rings is 1. The second-order valence-electron chi connectivity index (χ2n) is 7.31. The number of hydrogen-bond donors (Lipinski definition) is 2. The molecule has 2 aromatic rings. The number of hydrogen-bond acceptors (Lipinski definition) is 4. The molecule has 28 heavy (non-hydrogen) atoms. The molecule has 0 aliphatic rings. The normalized spacial score (nSPS) is 12.7. The lowest BCUT2D eigenvalue weighted by Gasteiger charge is -2.21. The van der Waals surface area contributed by atoms with Gasteiger partial charge in [0.2, 0.25) is 0 Å². The third kappa shape index (κ3) is 6.33. The zero-order valence-corrected chi connectivity index (χ0v) is 20.5. The molecule has 2 rings (SSSR count). The van der Waals surface area contributed by atoms with Crippen LogP contribution in [0.2, 0.25) is 0 Å². The second-order valence-corrected chi connectivity index (χ2v) is 9.96. The zero-order valence-electron chi connectivity index (χ0n) is 17.3. The highest BCUT2D eigenvalue weighted by Gasteiger charge is 2.29. The van der Waals surface area contributed by atoms with E-state index in [1.54, 1.807) is 13.8 Å². The number of rotatable bonds is 8. The van der Waals surface area contributed by atoms with E-state index in [2.05, 4.69) is 31.2 Å². The Bertz CT molecular complexity index is 906. The number of aliphatic imine (C=N–C) groups is 1. The number of aromatic nitrogens is 2. The molecule has 0 bridgehead atoms. The van der Waals surface area contributed by atoms with Gasteiger partial charge in [0.05, 0.1) is 22.3 Å². The number of halogens is 1. The molecule has 9 heteroatoms. The fourth-order valence-corrected chi connectivity index (χ4v) is 2.95. The first-order valence-electron chi connectivity index (χ1n) is 9.29. The molecule has 158 valence electrons. The molecule has 0 aliphatic carbocycles. The smallest absolute Gasteiger partial charge is 0.191 e. The first-order valence-corrected chi connectivity index (χ1v) is 11.2. The minimum Gasteiger partial charge on any atom is -0.357 e. The molecule has 0 saturated carbocycles. The highest BCUT2D eigenvalue weighted by Crippen LogP contribution is 2.16. The zero-order chi connectivity index (χ0) is 20.1. The molecule has 2 N–H and O–H groups in total. The topological polar surface area (TPSA) is 88.4 Å². The van der Waals surface area contributed by atoms with Gasteiger partial charge in [-0.05, 0) is 46.2 Å². The lowest BCUT2D eigenvalue weighted by Crippen LogP contribution is -2.41. The number of imidazole rings is 1. The summed E-state index contributed by atoms with van der Waals surface area (Å²) in [5.41, 5.74) is 2.16. The first kappa shape index (κ1) is 24.7. The van der Waals surface area contributed by atoms with Crippen LogP contribution in [0, 0.1) is 6.92 Å². The highest BCUT2D eigenvalue weighted by atomic mass is 127.